The lowest BCUT2D eigenvalue weighted by atomic mass is 9.79. The van der Waals surface area contributed by atoms with Crippen molar-refractivity contribution < 1.29 is 29.0 Å². The molecule has 6 nitrogen and oxygen atoms in total. The Balaban J connectivity index is 2.57. The van der Waals surface area contributed by atoms with E-state index in [2.05, 4.69) is 6.58 Å². The highest BCUT2D eigenvalue weighted by atomic mass is 16.7. The number of carboxylic acid groups (broad SMARTS) is 1. The van der Waals surface area contributed by atoms with Crippen LogP contribution in [0.5, 0.6) is 0 Å². The zero-order valence-electron chi connectivity index (χ0n) is 10.8. The maximum atomic E-state index is 11.9. The third-order valence-corrected chi connectivity index (χ3v) is 3.12. The number of hydrogen-bond acceptors (Lipinski definition) is 5. The number of rotatable bonds is 5. The van der Waals surface area contributed by atoms with Crippen LogP contribution >= 0.6 is 0 Å². The smallest absolute Gasteiger partial charge is 0.333 e. The van der Waals surface area contributed by atoms with Gasteiger partial charge >= 0.3 is 17.9 Å². The summed E-state index contributed by atoms with van der Waals surface area (Å²) in [6.07, 6.45) is 2.46. The summed E-state index contributed by atoms with van der Waals surface area (Å²) in [5.74, 6) is -3.70. The SMILES string of the molecule is C=CC(=O)OC(C)OC(=O)C1CCCCC1C(=O)O. The van der Waals surface area contributed by atoms with Gasteiger partial charge in [-0.05, 0) is 12.8 Å². The van der Waals surface area contributed by atoms with Crippen molar-refractivity contribution in [2.75, 3.05) is 0 Å². The molecule has 1 saturated carbocycles. The van der Waals surface area contributed by atoms with Gasteiger partial charge in [0.25, 0.3) is 0 Å². The summed E-state index contributed by atoms with van der Waals surface area (Å²) in [5, 5.41) is 9.07. The molecule has 0 bridgehead atoms. The van der Waals surface area contributed by atoms with E-state index in [1.807, 2.05) is 0 Å². The van der Waals surface area contributed by atoms with Crippen molar-refractivity contribution in [2.45, 2.75) is 38.9 Å². The number of esters is 2. The fourth-order valence-electron chi connectivity index (χ4n) is 2.20. The lowest BCUT2D eigenvalue weighted by molar-refractivity contribution is -0.188. The normalized spacial score (nSPS) is 24.1. The third-order valence-electron chi connectivity index (χ3n) is 3.12. The van der Waals surface area contributed by atoms with E-state index in [1.165, 1.54) is 6.92 Å². The molecule has 3 atom stereocenters. The second kappa shape index (κ2) is 6.92. The molecule has 0 amide bonds. The quantitative estimate of drug-likeness (QED) is 0.462. The minimum Gasteiger partial charge on any atom is -0.481 e. The van der Waals surface area contributed by atoms with Gasteiger partial charge in [0.1, 0.15) is 0 Å². The molecular weight excluding hydrogens is 252 g/mol. The van der Waals surface area contributed by atoms with Gasteiger partial charge in [-0.15, -0.1) is 0 Å². The summed E-state index contributed by atoms with van der Waals surface area (Å²) >= 11 is 0. The summed E-state index contributed by atoms with van der Waals surface area (Å²) in [6.45, 7) is 4.63. The lowest BCUT2D eigenvalue weighted by Gasteiger charge is -2.27. The number of hydrogen-bond donors (Lipinski definition) is 1. The van der Waals surface area contributed by atoms with Crippen molar-refractivity contribution in [1.82, 2.24) is 0 Å². The topological polar surface area (TPSA) is 89.9 Å². The highest BCUT2D eigenvalue weighted by molar-refractivity contribution is 5.82. The maximum Gasteiger partial charge on any atom is 0.333 e. The average Bonchev–Trinajstić information content (AvgIpc) is 2.38. The summed E-state index contributed by atoms with van der Waals surface area (Å²) < 4.78 is 9.66. The summed E-state index contributed by atoms with van der Waals surface area (Å²) in [5.41, 5.74) is 0. The van der Waals surface area contributed by atoms with Crippen molar-refractivity contribution >= 4 is 17.9 Å². The molecule has 0 radical (unpaired) electrons. The van der Waals surface area contributed by atoms with Gasteiger partial charge < -0.3 is 14.6 Å². The Morgan fingerprint density at radius 2 is 1.79 bits per heavy atom. The molecule has 0 heterocycles. The third kappa shape index (κ3) is 4.39. The van der Waals surface area contributed by atoms with Crippen LogP contribution in [-0.2, 0) is 23.9 Å². The number of carbonyl (C=O) groups excluding carboxylic acids is 2. The Morgan fingerprint density at radius 3 is 2.32 bits per heavy atom. The minimum absolute atomic E-state index is 0.468. The molecule has 0 spiro atoms. The van der Waals surface area contributed by atoms with Crippen molar-refractivity contribution in [3.8, 4) is 0 Å². The fraction of sp³-hybridized carbons (Fsp3) is 0.615. The number of ether oxygens (including phenoxy) is 2. The molecule has 1 aliphatic carbocycles. The highest BCUT2D eigenvalue weighted by Crippen LogP contribution is 2.31. The minimum atomic E-state index is -1.05. The van der Waals surface area contributed by atoms with Gasteiger partial charge in [-0.3, -0.25) is 9.59 Å². The molecule has 0 aromatic carbocycles. The molecule has 106 valence electrons. The van der Waals surface area contributed by atoms with E-state index >= 15 is 0 Å². The molecule has 3 unspecified atom stereocenters. The van der Waals surface area contributed by atoms with Crippen LogP contribution in [0.3, 0.4) is 0 Å². The van der Waals surface area contributed by atoms with Crippen LogP contribution in [0, 0.1) is 11.8 Å². The average molecular weight is 270 g/mol. The van der Waals surface area contributed by atoms with E-state index in [9.17, 15) is 14.4 Å². The van der Waals surface area contributed by atoms with E-state index in [0.717, 1.165) is 18.9 Å². The van der Waals surface area contributed by atoms with Gasteiger partial charge in [-0.2, -0.15) is 0 Å². The Hall–Kier alpha value is -1.85. The number of aliphatic carboxylic acids is 1. The standard InChI is InChI=1S/C13H18O6/c1-3-11(14)18-8(2)19-13(17)10-7-5-4-6-9(10)12(15)16/h3,8-10H,1,4-7H2,2H3,(H,15,16). The number of carbonyl (C=O) groups is 3. The first kappa shape index (κ1) is 15.2. The van der Waals surface area contributed by atoms with Crippen molar-refractivity contribution in [1.29, 1.82) is 0 Å². The van der Waals surface area contributed by atoms with Crippen molar-refractivity contribution in [2.24, 2.45) is 11.8 Å². The zero-order chi connectivity index (χ0) is 14.4. The van der Waals surface area contributed by atoms with Crippen LogP contribution < -0.4 is 0 Å². The predicted molar refractivity (Wildman–Crippen MR) is 64.9 cm³/mol. The van der Waals surface area contributed by atoms with Crippen LogP contribution in [0.1, 0.15) is 32.6 Å². The van der Waals surface area contributed by atoms with Crippen molar-refractivity contribution in [3.63, 3.8) is 0 Å². The molecule has 0 aliphatic heterocycles. The van der Waals surface area contributed by atoms with Crippen LogP contribution in [0.25, 0.3) is 0 Å². The van der Waals surface area contributed by atoms with E-state index in [0.29, 0.717) is 12.8 Å². The van der Waals surface area contributed by atoms with E-state index < -0.39 is 36.0 Å². The first-order valence-electron chi connectivity index (χ1n) is 6.22. The van der Waals surface area contributed by atoms with Crippen LogP contribution in [-0.4, -0.2) is 29.3 Å². The Bertz CT molecular complexity index is 375. The molecule has 1 aliphatic rings. The molecule has 6 heteroatoms. The molecule has 1 fully saturated rings. The van der Waals surface area contributed by atoms with Crippen molar-refractivity contribution in [3.05, 3.63) is 12.7 Å². The molecule has 1 N–H and O–H groups in total. The summed E-state index contributed by atoms with van der Waals surface area (Å²) in [7, 11) is 0. The molecule has 19 heavy (non-hydrogen) atoms. The van der Waals surface area contributed by atoms with Gasteiger partial charge in [0.15, 0.2) is 0 Å². The molecule has 0 saturated heterocycles. The Labute approximate surface area is 111 Å². The molecule has 1 rings (SSSR count). The Morgan fingerprint density at radius 1 is 1.21 bits per heavy atom. The first-order chi connectivity index (χ1) is 8.95. The van der Waals surface area contributed by atoms with Gasteiger partial charge in [0.05, 0.1) is 11.8 Å². The van der Waals surface area contributed by atoms with Crippen LogP contribution in [0.2, 0.25) is 0 Å². The first-order valence-corrected chi connectivity index (χ1v) is 6.22. The van der Waals surface area contributed by atoms with Gasteiger partial charge in [0.2, 0.25) is 6.29 Å². The zero-order valence-corrected chi connectivity index (χ0v) is 10.8. The maximum absolute atomic E-state index is 11.9. The summed E-state index contributed by atoms with van der Waals surface area (Å²) in [6, 6.07) is 0. The van der Waals surface area contributed by atoms with Gasteiger partial charge in [-0.25, -0.2) is 4.79 Å². The monoisotopic (exact) mass is 270 g/mol. The Kier molecular flexibility index (Phi) is 5.54. The van der Waals surface area contributed by atoms with Crippen LogP contribution in [0.15, 0.2) is 12.7 Å². The molecule has 0 aromatic rings. The van der Waals surface area contributed by atoms with E-state index in [-0.39, 0.29) is 0 Å². The highest BCUT2D eigenvalue weighted by Gasteiger charge is 2.37. The predicted octanol–water partition coefficient (Wildman–Crippen LogP) is 1.50. The largest absolute Gasteiger partial charge is 0.481 e. The lowest BCUT2D eigenvalue weighted by Crippen LogP contribution is -2.35. The van der Waals surface area contributed by atoms with Gasteiger partial charge in [0, 0.05) is 13.0 Å². The van der Waals surface area contributed by atoms with E-state index in [4.69, 9.17) is 14.6 Å². The second-order valence-corrected chi connectivity index (χ2v) is 4.48. The molecule has 0 aromatic heterocycles. The van der Waals surface area contributed by atoms with E-state index in [1.54, 1.807) is 0 Å². The second-order valence-electron chi connectivity index (χ2n) is 4.48. The number of carboxylic acids is 1. The fourth-order valence-corrected chi connectivity index (χ4v) is 2.20. The molecular formula is C13H18O6. The van der Waals surface area contributed by atoms with Crippen LogP contribution in [0.4, 0.5) is 0 Å². The van der Waals surface area contributed by atoms with Gasteiger partial charge in [-0.1, -0.05) is 19.4 Å². The summed E-state index contributed by atoms with van der Waals surface area (Å²) in [4.78, 5) is 33.9.